The number of hydrogen-bond donors (Lipinski definition) is 1. The standard InChI is InChI=1S/C21H25N3O4S2/c1-15(2)24-18-12-11-16(14-19(18)29-21(24)26)22-20(25)10-7-13-23(3)30(27,28)17-8-5-4-6-9-17/h4-6,8-9,11-12,14-15H,7,10,13H2,1-3H3,(H,22,25). The second-order valence-electron chi connectivity index (χ2n) is 7.31. The van der Waals surface area contributed by atoms with Crippen molar-refractivity contribution < 1.29 is 13.2 Å². The maximum Gasteiger partial charge on any atom is 0.308 e. The van der Waals surface area contributed by atoms with Crippen LogP contribution in [0.4, 0.5) is 5.69 Å². The van der Waals surface area contributed by atoms with E-state index >= 15 is 0 Å². The molecule has 0 unspecified atom stereocenters. The molecule has 0 bridgehead atoms. The molecule has 1 amide bonds. The minimum absolute atomic E-state index is 0.0221. The van der Waals surface area contributed by atoms with Gasteiger partial charge in [0, 0.05) is 31.7 Å². The van der Waals surface area contributed by atoms with E-state index in [2.05, 4.69) is 5.32 Å². The predicted octanol–water partition coefficient (Wildman–Crippen LogP) is 3.68. The number of nitrogens with one attached hydrogen (secondary N) is 1. The molecule has 1 aromatic heterocycles. The van der Waals surface area contributed by atoms with Crippen molar-refractivity contribution in [1.29, 1.82) is 0 Å². The van der Waals surface area contributed by atoms with Crippen LogP contribution in [-0.2, 0) is 14.8 Å². The van der Waals surface area contributed by atoms with E-state index in [1.54, 1.807) is 47.0 Å². The van der Waals surface area contributed by atoms with Gasteiger partial charge in [0.05, 0.1) is 15.1 Å². The van der Waals surface area contributed by atoms with E-state index in [4.69, 9.17) is 0 Å². The van der Waals surface area contributed by atoms with Crippen LogP contribution < -0.4 is 10.2 Å². The number of carbonyl (C=O) groups excluding carboxylic acids is 1. The smallest absolute Gasteiger partial charge is 0.308 e. The number of sulfonamides is 1. The third-order valence-corrected chi connectivity index (χ3v) is 7.53. The number of amides is 1. The third kappa shape index (κ3) is 4.80. The van der Waals surface area contributed by atoms with Gasteiger partial charge in [0.1, 0.15) is 0 Å². The fourth-order valence-electron chi connectivity index (χ4n) is 3.18. The highest BCUT2D eigenvalue weighted by Crippen LogP contribution is 2.24. The second kappa shape index (κ2) is 9.11. The van der Waals surface area contributed by atoms with Crippen LogP contribution in [0.2, 0.25) is 0 Å². The van der Waals surface area contributed by atoms with Gasteiger partial charge in [0.2, 0.25) is 15.9 Å². The number of anilines is 1. The van der Waals surface area contributed by atoms with E-state index in [0.29, 0.717) is 12.1 Å². The molecule has 0 fully saturated rings. The molecule has 7 nitrogen and oxygen atoms in total. The van der Waals surface area contributed by atoms with Crippen molar-refractivity contribution in [1.82, 2.24) is 8.87 Å². The zero-order valence-electron chi connectivity index (χ0n) is 17.2. The number of nitrogens with zero attached hydrogens (tertiary/aromatic N) is 2. The van der Waals surface area contributed by atoms with E-state index in [0.717, 1.165) is 21.6 Å². The van der Waals surface area contributed by atoms with Gasteiger partial charge in [-0.05, 0) is 50.6 Å². The van der Waals surface area contributed by atoms with Crippen LogP contribution in [0, 0.1) is 0 Å². The summed E-state index contributed by atoms with van der Waals surface area (Å²) in [4.78, 5) is 24.6. The minimum Gasteiger partial charge on any atom is -0.326 e. The second-order valence-corrected chi connectivity index (χ2v) is 10.3. The number of hydrogen-bond acceptors (Lipinski definition) is 5. The lowest BCUT2D eigenvalue weighted by Crippen LogP contribution is -2.28. The van der Waals surface area contributed by atoms with E-state index in [-0.39, 0.29) is 34.7 Å². The highest BCUT2D eigenvalue weighted by Gasteiger charge is 2.20. The van der Waals surface area contributed by atoms with Gasteiger partial charge in [-0.15, -0.1) is 0 Å². The quantitative estimate of drug-likeness (QED) is 0.570. The van der Waals surface area contributed by atoms with Crippen molar-refractivity contribution in [2.24, 2.45) is 0 Å². The van der Waals surface area contributed by atoms with Crippen LogP contribution in [0.25, 0.3) is 10.2 Å². The molecule has 1 N–H and O–H groups in total. The Morgan fingerprint density at radius 1 is 1.17 bits per heavy atom. The monoisotopic (exact) mass is 447 g/mol. The van der Waals surface area contributed by atoms with Gasteiger partial charge >= 0.3 is 4.87 Å². The normalized spacial score (nSPS) is 12.0. The van der Waals surface area contributed by atoms with Crippen molar-refractivity contribution in [3.8, 4) is 0 Å². The number of rotatable bonds is 8. The van der Waals surface area contributed by atoms with Crippen LogP contribution in [0.5, 0.6) is 0 Å². The summed E-state index contributed by atoms with van der Waals surface area (Å²) in [5.41, 5.74) is 1.47. The Morgan fingerprint density at radius 2 is 1.87 bits per heavy atom. The van der Waals surface area contributed by atoms with Gasteiger partial charge in [0.15, 0.2) is 0 Å². The maximum absolute atomic E-state index is 12.5. The van der Waals surface area contributed by atoms with Gasteiger partial charge in [-0.1, -0.05) is 29.5 Å². The summed E-state index contributed by atoms with van der Waals surface area (Å²) in [5.74, 6) is -0.199. The van der Waals surface area contributed by atoms with Crippen molar-refractivity contribution in [3.05, 3.63) is 58.2 Å². The molecule has 0 aliphatic carbocycles. The van der Waals surface area contributed by atoms with Gasteiger partial charge in [-0.25, -0.2) is 12.7 Å². The molecule has 0 saturated heterocycles. The molecule has 0 spiro atoms. The molecular formula is C21H25N3O4S2. The number of aromatic nitrogens is 1. The summed E-state index contributed by atoms with van der Waals surface area (Å²) in [6.45, 7) is 4.15. The van der Waals surface area contributed by atoms with E-state index in [9.17, 15) is 18.0 Å². The molecule has 30 heavy (non-hydrogen) atoms. The van der Waals surface area contributed by atoms with Crippen molar-refractivity contribution in [3.63, 3.8) is 0 Å². The summed E-state index contributed by atoms with van der Waals surface area (Å²) in [6.07, 6.45) is 0.587. The largest absolute Gasteiger partial charge is 0.326 e. The molecule has 0 aliphatic heterocycles. The lowest BCUT2D eigenvalue weighted by Gasteiger charge is -2.17. The minimum atomic E-state index is -3.56. The summed E-state index contributed by atoms with van der Waals surface area (Å²) < 4.78 is 28.8. The summed E-state index contributed by atoms with van der Waals surface area (Å²) in [7, 11) is -2.05. The molecule has 3 rings (SSSR count). The first kappa shape index (κ1) is 22.2. The number of thiazole rings is 1. The fraction of sp³-hybridized carbons (Fsp3) is 0.333. The molecule has 0 saturated carbocycles. The summed E-state index contributed by atoms with van der Waals surface area (Å²) in [6, 6.07) is 13.7. The van der Waals surface area contributed by atoms with E-state index < -0.39 is 10.0 Å². The lowest BCUT2D eigenvalue weighted by molar-refractivity contribution is -0.116. The first-order valence-electron chi connectivity index (χ1n) is 9.66. The number of benzene rings is 2. The average molecular weight is 448 g/mol. The van der Waals surface area contributed by atoms with Gasteiger partial charge in [0.25, 0.3) is 0 Å². The van der Waals surface area contributed by atoms with E-state index in [1.807, 2.05) is 19.9 Å². The van der Waals surface area contributed by atoms with Crippen LogP contribution >= 0.6 is 11.3 Å². The topological polar surface area (TPSA) is 88.5 Å². The Bertz CT molecular complexity index is 1200. The Morgan fingerprint density at radius 3 is 2.53 bits per heavy atom. The summed E-state index contributed by atoms with van der Waals surface area (Å²) >= 11 is 1.15. The molecule has 0 aliphatic rings. The molecule has 160 valence electrons. The van der Waals surface area contributed by atoms with Crippen LogP contribution in [0.15, 0.2) is 58.2 Å². The van der Waals surface area contributed by atoms with Gasteiger partial charge in [-0.3, -0.25) is 14.2 Å². The van der Waals surface area contributed by atoms with E-state index in [1.165, 1.54) is 11.4 Å². The zero-order chi connectivity index (χ0) is 21.9. The average Bonchev–Trinajstić information content (AvgIpc) is 3.03. The molecule has 0 atom stereocenters. The molecule has 1 heterocycles. The zero-order valence-corrected chi connectivity index (χ0v) is 18.8. The lowest BCUT2D eigenvalue weighted by atomic mass is 10.2. The van der Waals surface area contributed by atoms with Crippen molar-refractivity contribution >= 4 is 43.2 Å². The van der Waals surface area contributed by atoms with Gasteiger partial charge < -0.3 is 5.32 Å². The fourth-order valence-corrected chi connectivity index (χ4v) is 5.46. The molecule has 9 heteroatoms. The van der Waals surface area contributed by atoms with Crippen molar-refractivity contribution in [2.45, 2.75) is 37.6 Å². The molecular weight excluding hydrogens is 422 g/mol. The van der Waals surface area contributed by atoms with Crippen LogP contribution in [0.1, 0.15) is 32.7 Å². The Hall–Kier alpha value is -2.49. The van der Waals surface area contributed by atoms with Gasteiger partial charge in [-0.2, -0.15) is 0 Å². The highest BCUT2D eigenvalue weighted by atomic mass is 32.2. The Balaban J connectivity index is 1.58. The van der Waals surface area contributed by atoms with Crippen LogP contribution in [0.3, 0.4) is 0 Å². The molecule has 0 radical (unpaired) electrons. The third-order valence-electron chi connectivity index (χ3n) is 4.74. The maximum atomic E-state index is 12.5. The number of fused-ring (bicyclic) bond motifs is 1. The van der Waals surface area contributed by atoms with Crippen LogP contribution in [-0.4, -0.2) is 36.8 Å². The highest BCUT2D eigenvalue weighted by molar-refractivity contribution is 7.89. The first-order valence-corrected chi connectivity index (χ1v) is 11.9. The Labute approximate surface area is 180 Å². The SMILES string of the molecule is CC(C)n1c(=O)sc2cc(NC(=O)CCCN(C)S(=O)(=O)c3ccccc3)ccc21. The predicted molar refractivity (Wildman–Crippen MR) is 121 cm³/mol. The van der Waals surface area contributed by atoms with Crippen molar-refractivity contribution in [2.75, 3.05) is 18.9 Å². The first-order chi connectivity index (χ1) is 14.2. The molecule has 3 aromatic rings. The Kier molecular flexibility index (Phi) is 6.74. The summed E-state index contributed by atoms with van der Waals surface area (Å²) in [5, 5.41) is 2.82. The molecule has 2 aromatic carbocycles. The number of carbonyl (C=O) groups is 1.